The number of carbonyl (C=O) groups excluding carboxylic acids is 2. The van der Waals surface area contributed by atoms with Crippen molar-refractivity contribution < 1.29 is 19.4 Å². The highest BCUT2D eigenvalue weighted by Crippen LogP contribution is 2.35. The molecular formula is C18H20NO4S2-. The third kappa shape index (κ3) is 4.41. The van der Waals surface area contributed by atoms with Gasteiger partial charge in [0, 0.05) is 18.9 Å². The van der Waals surface area contributed by atoms with Gasteiger partial charge in [0.05, 0.1) is 12.0 Å². The summed E-state index contributed by atoms with van der Waals surface area (Å²) in [4.78, 5) is 24.9. The Morgan fingerprint density at radius 2 is 2.12 bits per heavy atom. The van der Waals surface area contributed by atoms with Gasteiger partial charge >= 0.3 is 0 Å². The zero-order valence-electron chi connectivity index (χ0n) is 14.6. The number of carbonyl (C=O) groups is 2. The summed E-state index contributed by atoms with van der Waals surface area (Å²) in [5.74, 6) is -0.366. The van der Waals surface area contributed by atoms with E-state index in [1.165, 1.54) is 16.7 Å². The number of rotatable bonds is 6. The van der Waals surface area contributed by atoms with Crippen molar-refractivity contribution in [2.24, 2.45) is 0 Å². The van der Waals surface area contributed by atoms with Gasteiger partial charge in [0.15, 0.2) is 0 Å². The van der Waals surface area contributed by atoms with Crippen LogP contribution in [0.15, 0.2) is 17.0 Å². The van der Waals surface area contributed by atoms with Gasteiger partial charge in [-0.2, -0.15) is 0 Å². The number of nitrogens with zero attached hydrogens (tertiary/aromatic N) is 1. The number of methoxy groups -OCH3 is 1. The Morgan fingerprint density at radius 1 is 1.44 bits per heavy atom. The molecule has 0 spiro atoms. The van der Waals surface area contributed by atoms with Gasteiger partial charge in [0.1, 0.15) is 10.1 Å². The number of benzene rings is 1. The van der Waals surface area contributed by atoms with Gasteiger partial charge in [-0.1, -0.05) is 37.8 Å². The third-order valence-corrected chi connectivity index (χ3v) is 5.32. The molecule has 1 heterocycles. The number of thioether (sulfide) groups is 1. The molecule has 1 fully saturated rings. The number of hydrogen-bond acceptors (Lipinski definition) is 6. The Morgan fingerprint density at radius 3 is 2.68 bits per heavy atom. The van der Waals surface area contributed by atoms with Crippen molar-refractivity contribution in [2.75, 3.05) is 13.7 Å². The minimum Gasteiger partial charge on any atom is -0.550 e. The Bertz CT molecular complexity index is 756. The van der Waals surface area contributed by atoms with Gasteiger partial charge in [-0.15, -0.1) is 0 Å². The van der Waals surface area contributed by atoms with E-state index in [9.17, 15) is 14.7 Å². The number of ether oxygens (including phenoxy) is 1. The fraction of sp³-hybridized carbons (Fsp3) is 0.389. The topological polar surface area (TPSA) is 69.7 Å². The molecule has 1 aromatic rings. The first kappa shape index (κ1) is 19.5. The monoisotopic (exact) mass is 378 g/mol. The highest BCUT2D eigenvalue weighted by atomic mass is 32.2. The second-order valence-corrected chi connectivity index (χ2v) is 7.74. The van der Waals surface area contributed by atoms with Crippen molar-refractivity contribution in [2.45, 2.75) is 33.1 Å². The summed E-state index contributed by atoms with van der Waals surface area (Å²) in [6.45, 7) is 6.14. The first-order chi connectivity index (χ1) is 11.7. The van der Waals surface area contributed by atoms with Gasteiger partial charge in [0.2, 0.25) is 0 Å². The highest BCUT2D eigenvalue weighted by Gasteiger charge is 2.31. The SMILES string of the molecule is COc1cc(C)c(/C=C2\SC(=S)N(CCC(=O)[O-])C2=O)cc1C(C)C. The molecule has 7 heteroatoms. The van der Waals surface area contributed by atoms with E-state index in [0.29, 0.717) is 9.23 Å². The van der Waals surface area contributed by atoms with Crippen molar-refractivity contribution in [3.8, 4) is 5.75 Å². The lowest BCUT2D eigenvalue weighted by atomic mass is 9.96. The zero-order valence-corrected chi connectivity index (χ0v) is 16.3. The number of aliphatic carboxylic acids is 1. The molecule has 0 N–H and O–H groups in total. The summed E-state index contributed by atoms with van der Waals surface area (Å²) in [6, 6.07) is 3.98. The van der Waals surface area contributed by atoms with Gasteiger partial charge in [-0.05, 0) is 47.7 Å². The van der Waals surface area contributed by atoms with Crippen LogP contribution >= 0.6 is 24.0 Å². The fourth-order valence-corrected chi connectivity index (χ4v) is 3.84. The van der Waals surface area contributed by atoms with Crippen molar-refractivity contribution in [3.05, 3.63) is 33.7 Å². The molecular weight excluding hydrogens is 358 g/mol. The van der Waals surface area contributed by atoms with Gasteiger partial charge in [-0.3, -0.25) is 9.69 Å². The van der Waals surface area contributed by atoms with Crippen molar-refractivity contribution in [3.63, 3.8) is 0 Å². The summed E-state index contributed by atoms with van der Waals surface area (Å²) in [7, 11) is 1.64. The maximum Gasteiger partial charge on any atom is 0.266 e. The molecule has 0 aromatic heterocycles. The molecule has 1 aliphatic rings. The third-order valence-electron chi connectivity index (χ3n) is 3.94. The first-order valence-corrected chi connectivity index (χ1v) is 9.10. The second kappa shape index (κ2) is 8.01. The van der Waals surface area contributed by atoms with E-state index in [0.717, 1.165) is 22.4 Å². The van der Waals surface area contributed by atoms with Gasteiger partial charge in [-0.25, -0.2) is 0 Å². The van der Waals surface area contributed by atoms with E-state index in [2.05, 4.69) is 13.8 Å². The molecule has 1 aliphatic heterocycles. The van der Waals surface area contributed by atoms with Crippen LogP contribution in [0.5, 0.6) is 5.75 Å². The van der Waals surface area contributed by atoms with Crippen LogP contribution in [0.25, 0.3) is 6.08 Å². The van der Waals surface area contributed by atoms with Crippen LogP contribution in [0.4, 0.5) is 0 Å². The average Bonchev–Trinajstić information content (AvgIpc) is 2.80. The molecule has 0 aliphatic carbocycles. The van der Waals surface area contributed by atoms with E-state index in [1.807, 2.05) is 19.1 Å². The quantitative estimate of drug-likeness (QED) is 0.559. The van der Waals surface area contributed by atoms with E-state index in [4.69, 9.17) is 17.0 Å². The lowest BCUT2D eigenvalue weighted by Gasteiger charge is -2.15. The van der Waals surface area contributed by atoms with Crippen LogP contribution in [0.2, 0.25) is 0 Å². The van der Waals surface area contributed by atoms with Crippen molar-refractivity contribution in [1.82, 2.24) is 4.90 Å². The molecule has 0 atom stereocenters. The molecule has 0 saturated carbocycles. The number of carboxylic acid groups (broad SMARTS) is 1. The predicted octanol–water partition coefficient (Wildman–Crippen LogP) is 2.47. The maximum absolute atomic E-state index is 12.5. The van der Waals surface area contributed by atoms with Crippen molar-refractivity contribution in [1.29, 1.82) is 0 Å². The van der Waals surface area contributed by atoms with E-state index < -0.39 is 5.97 Å². The molecule has 1 saturated heterocycles. The van der Waals surface area contributed by atoms with Crippen LogP contribution in [0.1, 0.15) is 42.9 Å². The number of amides is 1. The summed E-state index contributed by atoms with van der Waals surface area (Å²) < 4.78 is 5.81. The molecule has 1 amide bonds. The van der Waals surface area contributed by atoms with E-state index in [1.54, 1.807) is 13.2 Å². The number of hydrogen-bond donors (Lipinski definition) is 0. The summed E-state index contributed by atoms with van der Waals surface area (Å²) in [6.07, 6.45) is 1.57. The Labute approximate surface area is 157 Å². The molecule has 0 radical (unpaired) electrons. The van der Waals surface area contributed by atoms with Crippen LogP contribution in [-0.4, -0.2) is 34.8 Å². The molecule has 1 aromatic carbocycles. The zero-order chi connectivity index (χ0) is 18.7. The van der Waals surface area contributed by atoms with Crippen LogP contribution in [-0.2, 0) is 9.59 Å². The summed E-state index contributed by atoms with van der Waals surface area (Å²) in [5.41, 5.74) is 2.97. The van der Waals surface area contributed by atoms with Crippen molar-refractivity contribution >= 4 is 46.3 Å². The van der Waals surface area contributed by atoms with Gasteiger partial charge < -0.3 is 14.6 Å². The Balaban J connectivity index is 2.34. The van der Waals surface area contributed by atoms with Crippen LogP contribution in [0, 0.1) is 6.92 Å². The molecule has 134 valence electrons. The minimum absolute atomic E-state index is 0.0309. The second-order valence-electron chi connectivity index (χ2n) is 6.06. The molecule has 2 rings (SSSR count). The molecule has 25 heavy (non-hydrogen) atoms. The average molecular weight is 378 g/mol. The lowest BCUT2D eigenvalue weighted by Crippen LogP contribution is -2.33. The molecule has 5 nitrogen and oxygen atoms in total. The summed E-state index contributed by atoms with van der Waals surface area (Å²) in [5, 5.41) is 10.6. The molecule has 0 unspecified atom stereocenters. The summed E-state index contributed by atoms with van der Waals surface area (Å²) >= 11 is 6.38. The highest BCUT2D eigenvalue weighted by molar-refractivity contribution is 8.26. The Hall–Kier alpha value is -1.86. The first-order valence-electron chi connectivity index (χ1n) is 7.88. The normalized spacial score (nSPS) is 16.2. The van der Waals surface area contributed by atoms with Gasteiger partial charge in [0.25, 0.3) is 5.91 Å². The van der Waals surface area contributed by atoms with E-state index in [-0.39, 0.29) is 24.8 Å². The number of carboxylic acids is 1. The fourth-order valence-electron chi connectivity index (χ4n) is 2.54. The smallest absolute Gasteiger partial charge is 0.266 e. The lowest BCUT2D eigenvalue weighted by molar-refractivity contribution is -0.305. The number of aryl methyl sites for hydroxylation is 1. The number of thiocarbonyl (C=S) groups is 1. The standard InChI is InChI=1S/C18H21NO4S2/c1-10(2)13-8-12(11(3)7-14(13)23-4)9-15-17(22)19(18(24)25-15)6-5-16(20)21/h7-10H,5-6H2,1-4H3,(H,20,21)/p-1/b15-9-. The minimum atomic E-state index is -1.20. The van der Waals surface area contributed by atoms with Crippen LogP contribution in [0.3, 0.4) is 0 Å². The Kier molecular flexibility index (Phi) is 6.24. The van der Waals surface area contributed by atoms with Crippen LogP contribution < -0.4 is 9.84 Å². The predicted molar refractivity (Wildman–Crippen MR) is 101 cm³/mol. The van der Waals surface area contributed by atoms with E-state index >= 15 is 0 Å². The largest absolute Gasteiger partial charge is 0.550 e. The maximum atomic E-state index is 12.5. The molecule has 0 bridgehead atoms.